The van der Waals surface area contributed by atoms with Crippen molar-refractivity contribution in [2.75, 3.05) is 25.1 Å². The summed E-state index contributed by atoms with van der Waals surface area (Å²) in [6.45, 7) is 1.53. The van der Waals surface area contributed by atoms with E-state index in [1.807, 2.05) is 30.3 Å². The highest BCUT2D eigenvalue weighted by molar-refractivity contribution is 6.00. The number of rotatable bonds is 10. The minimum atomic E-state index is -0.659. The van der Waals surface area contributed by atoms with Crippen molar-refractivity contribution in [1.29, 1.82) is 0 Å². The van der Waals surface area contributed by atoms with Crippen molar-refractivity contribution in [2.24, 2.45) is 0 Å². The number of hydrogen-bond acceptors (Lipinski definition) is 6. The Hall–Kier alpha value is -4.13. The van der Waals surface area contributed by atoms with Crippen molar-refractivity contribution in [1.82, 2.24) is 0 Å². The molecule has 1 N–H and O–H groups in total. The summed E-state index contributed by atoms with van der Waals surface area (Å²) in [7, 11) is 0. The second-order valence-electron chi connectivity index (χ2n) is 6.76. The molecule has 0 aliphatic carbocycles. The van der Waals surface area contributed by atoms with Crippen LogP contribution in [-0.4, -0.2) is 37.5 Å². The lowest BCUT2D eigenvalue weighted by Gasteiger charge is -2.12. The normalized spacial score (nSPS) is 10.2. The zero-order valence-corrected chi connectivity index (χ0v) is 17.6. The highest BCUT2D eigenvalue weighted by atomic mass is 16.5. The van der Waals surface area contributed by atoms with Gasteiger partial charge in [-0.25, -0.2) is 4.79 Å². The maximum atomic E-state index is 12.5. The molecule has 0 saturated heterocycles. The fourth-order valence-corrected chi connectivity index (χ4v) is 2.82. The minimum Gasteiger partial charge on any atom is -0.490 e. The number of nitrogens with one attached hydrogen (secondary N) is 1. The molecule has 0 fully saturated rings. The molecule has 0 heterocycles. The summed E-state index contributed by atoms with van der Waals surface area (Å²) >= 11 is 0. The first kappa shape index (κ1) is 22.6. The summed E-state index contributed by atoms with van der Waals surface area (Å²) in [6, 6.07) is 22.3. The number of para-hydroxylation sites is 2. The van der Waals surface area contributed by atoms with E-state index in [1.165, 1.54) is 6.92 Å². The van der Waals surface area contributed by atoms with Gasteiger partial charge in [0.25, 0.3) is 0 Å². The maximum Gasteiger partial charge on any atom is 0.342 e. The Labute approximate surface area is 185 Å². The van der Waals surface area contributed by atoms with Gasteiger partial charge >= 0.3 is 5.97 Å². The monoisotopic (exact) mass is 433 g/mol. The Morgan fingerprint density at radius 3 is 2.16 bits per heavy atom. The Balaban J connectivity index is 1.51. The molecule has 7 heteroatoms. The van der Waals surface area contributed by atoms with E-state index in [2.05, 4.69) is 5.32 Å². The number of benzene rings is 3. The largest absolute Gasteiger partial charge is 0.490 e. The lowest BCUT2D eigenvalue weighted by molar-refractivity contribution is -0.114. The summed E-state index contributed by atoms with van der Waals surface area (Å²) in [5.41, 5.74) is 1.17. The quantitative estimate of drug-likeness (QED) is 0.294. The SMILES string of the molecule is CC(=O)Nc1ccc(C(=O)COC(=O)c2ccccc2OCCOc2ccccc2)cc1. The highest BCUT2D eigenvalue weighted by Gasteiger charge is 2.16. The van der Waals surface area contributed by atoms with Gasteiger partial charge in [0.2, 0.25) is 5.91 Å². The molecule has 164 valence electrons. The van der Waals surface area contributed by atoms with Crippen LogP contribution >= 0.6 is 0 Å². The minimum absolute atomic E-state index is 0.203. The summed E-state index contributed by atoms with van der Waals surface area (Å²) in [6.07, 6.45) is 0. The van der Waals surface area contributed by atoms with E-state index in [9.17, 15) is 14.4 Å². The second-order valence-corrected chi connectivity index (χ2v) is 6.76. The molecule has 0 atom stereocenters. The van der Waals surface area contributed by atoms with Crippen molar-refractivity contribution in [2.45, 2.75) is 6.92 Å². The average Bonchev–Trinajstić information content (AvgIpc) is 2.81. The molecule has 0 aliphatic rings. The van der Waals surface area contributed by atoms with Crippen LogP contribution in [0.2, 0.25) is 0 Å². The number of esters is 1. The number of amides is 1. The lowest BCUT2D eigenvalue weighted by atomic mass is 10.1. The Bertz CT molecular complexity index is 1060. The van der Waals surface area contributed by atoms with Gasteiger partial charge in [0.1, 0.15) is 30.3 Å². The van der Waals surface area contributed by atoms with Crippen LogP contribution < -0.4 is 14.8 Å². The van der Waals surface area contributed by atoms with Crippen LogP contribution in [-0.2, 0) is 9.53 Å². The number of ether oxygens (including phenoxy) is 3. The topological polar surface area (TPSA) is 90.9 Å². The Morgan fingerprint density at radius 2 is 1.44 bits per heavy atom. The van der Waals surface area contributed by atoms with Crippen LogP contribution in [0.3, 0.4) is 0 Å². The van der Waals surface area contributed by atoms with Crippen LogP contribution in [0.25, 0.3) is 0 Å². The van der Waals surface area contributed by atoms with Gasteiger partial charge in [0.15, 0.2) is 12.4 Å². The molecule has 0 saturated carbocycles. The van der Waals surface area contributed by atoms with E-state index in [-0.39, 0.29) is 23.9 Å². The number of carbonyl (C=O) groups excluding carboxylic acids is 3. The number of anilines is 1. The van der Waals surface area contributed by atoms with E-state index in [4.69, 9.17) is 14.2 Å². The second kappa shape index (κ2) is 11.3. The van der Waals surface area contributed by atoms with E-state index >= 15 is 0 Å². The van der Waals surface area contributed by atoms with Gasteiger partial charge in [-0.15, -0.1) is 0 Å². The molecule has 0 aromatic heterocycles. The van der Waals surface area contributed by atoms with Crippen molar-refractivity contribution < 1.29 is 28.6 Å². The average molecular weight is 433 g/mol. The van der Waals surface area contributed by atoms with Gasteiger partial charge in [0, 0.05) is 18.2 Å². The summed E-state index contributed by atoms with van der Waals surface area (Å²) in [5, 5.41) is 2.62. The first-order chi connectivity index (χ1) is 15.5. The van der Waals surface area contributed by atoms with Gasteiger partial charge in [-0.2, -0.15) is 0 Å². The highest BCUT2D eigenvalue weighted by Crippen LogP contribution is 2.19. The molecular weight excluding hydrogens is 410 g/mol. The molecule has 1 amide bonds. The van der Waals surface area contributed by atoms with Gasteiger partial charge < -0.3 is 19.5 Å². The van der Waals surface area contributed by atoms with Gasteiger partial charge in [0.05, 0.1) is 0 Å². The molecule has 3 aromatic carbocycles. The van der Waals surface area contributed by atoms with Crippen molar-refractivity contribution >= 4 is 23.3 Å². The molecular formula is C25H23NO6. The van der Waals surface area contributed by atoms with Crippen LogP contribution in [0.5, 0.6) is 11.5 Å². The number of carbonyl (C=O) groups is 3. The van der Waals surface area contributed by atoms with Crippen molar-refractivity contribution in [3.05, 3.63) is 90.0 Å². The molecule has 32 heavy (non-hydrogen) atoms. The van der Waals surface area contributed by atoms with Crippen LogP contribution in [0, 0.1) is 0 Å². The first-order valence-electron chi connectivity index (χ1n) is 10.0. The molecule has 0 unspecified atom stereocenters. The Morgan fingerprint density at radius 1 is 0.781 bits per heavy atom. The van der Waals surface area contributed by atoms with E-state index < -0.39 is 12.6 Å². The number of ketones is 1. The number of Topliss-reactive ketones (excluding diaryl/α,β-unsaturated/α-hetero) is 1. The third-order valence-corrected chi connectivity index (χ3v) is 4.32. The molecule has 3 rings (SSSR count). The van der Waals surface area contributed by atoms with Crippen LogP contribution in [0.15, 0.2) is 78.9 Å². The molecule has 3 aromatic rings. The Kier molecular flexibility index (Phi) is 7.97. The molecule has 0 aliphatic heterocycles. The molecule has 7 nitrogen and oxygen atoms in total. The van der Waals surface area contributed by atoms with Crippen LogP contribution in [0.4, 0.5) is 5.69 Å². The zero-order chi connectivity index (χ0) is 22.8. The smallest absolute Gasteiger partial charge is 0.342 e. The van der Waals surface area contributed by atoms with Gasteiger partial charge in [-0.3, -0.25) is 9.59 Å². The summed E-state index contributed by atoms with van der Waals surface area (Å²) in [5.74, 6) is -0.144. The van der Waals surface area contributed by atoms with E-state index in [1.54, 1.807) is 48.5 Å². The van der Waals surface area contributed by atoms with Gasteiger partial charge in [-0.05, 0) is 48.5 Å². The molecule has 0 spiro atoms. The third kappa shape index (κ3) is 6.70. The molecule has 0 bridgehead atoms. The predicted molar refractivity (Wildman–Crippen MR) is 119 cm³/mol. The maximum absolute atomic E-state index is 12.5. The lowest BCUT2D eigenvalue weighted by Crippen LogP contribution is -2.16. The van der Waals surface area contributed by atoms with E-state index in [0.29, 0.717) is 23.6 Å². The van der Waals surface area contributed by atoms with Crippen LogP contribution in [0.1, 0.15) is 27.6 Å². The third-order valence-electron chi connectivity index (χ3n) is 4.32. The fraction of sp³-hybridized carbons (Fsp3) is 0.160. The fourth-order valence-electron chi connectivity index (χ4n) is 2.82. The number of hydrogen-bond donors (Lipinski definition) is 1. The predicted octanol–water partition coefficient (Wildman–Crippen LogP) is 4.14. The summed E-state index contributed by atoms with van der Waals surface area (Å²) in [4.78, 5) is 35.9. The zero-order valence-electron chi connectivity index (χ0n) is 17.6. The van der Waals surface area contributed by atoms with Crippen molar-refractivity contribution in [3.63, 3.8) is 0 Å². The van der Waals surface area contributed by atoms with E-state index in [0.717, 1.165) is 5.75 Å². The first-order valence-corrected chi connectivity index (χ1v) is 10.0. The molecule has 0 radical (unpaired) electrons. The van der Waals surface area contributed by atoms with Crippen molar-refractivity contribution in [3.8, 4) is 11.5 Å². The summed E-state index contributed by atoms with van der Waals surface area (Å²) < 4.78 is 16.4. The van der Waals surface area contributed by atoms with Gasteiger partial charge in [-0.1, -0.05) is 30.3 Å². The standard InChI is InChI=1S/C25H23NO6/c1-18(27)26-20-13-11-19(12-14-20)23(28)17-32-25(29)22-9-5-6-10-24(22)31-16-15-30-21-7-3-2-4-8-21/h2-14H,15-17H2,1H3,(H,26,27).